The highest BCUT2D eigenvalue weighted by molar-refractivity contribution is 14.1. The molecule has 0 unspecified atom stereocenters. The molecule has 0 radical (unpaired) electrons. The Bertz CT molecular complexity index is 1220. The fourth-order valence-corrected chi connectivity index (χ4v) is 3.98. The van der Waals surface area contributed by atoms with Crippen LogP contribution in [-0.4, -0.2) is 50.2 Å². The van der Waals surface area contributed by atoms with Gasteiger partial charge in [-0.3, -0.25) is 4.79 Å². The lowest BCUT2D eigenvalue weighted by molar-refractivity contribution is 0.102. The number of anilines is 2. The zero-order valence-corrected chi connectivity index (χ0v) is 18.7. The Morgan fingerprint density at radius 1 is 1.00 bits per heavy atom. The molecule has 0 aliphatic carbocycles. The van der Waals surface area contributed by atoms with Crippen molar-refractivity contribution in [1.82, 2.24) is 18.1 Å². The molecule has 1 aliphatic rings. The second-order valence-corrected chi connectivity index (χ2v) is 8.62. The topological polar surface area (TPSA) is 87.4 Å². The van der Waals surface area contributed by atoms with Gasteiger partial charge in [-0.05, 0) is 29.7 Å². The summed E-state index contributed by atoms with van der Waals surface area (Å²) >= 11 is 2.33. The number of aromatic nitrogens is 3. The molecule has 1 saturated heterocycles. The summed E-state index contributed by atoms with van der Waals surface area (Å²) < 4.78 is 7.63. The second kappa shape index (κ2) is 8.60. The van der Waals surface area contributed by atoms with Crippen molar-refractivity contribution in [2.75, 3.05) is 36.4 Å². The Morgan fingerprint density at radius 2 is 1.87 bits per heavy atom. The van der Waals surface area contributed by atoms with E-state index in [1.807, 2.05) is 30.3 Å². The lowest BCUT2D eigenvalue weighted by Crippen LogP contribution is -2.42. The number of nitrogens with one attached hydrogen (secondary N) is 1. The van der Waals surface area contributed by atoms with Gasteiger partial charge >= 0.3 is 0 Å². The van der Waals surface area contributed by atoms with E-state index >= 15 is 0 Å². The summed E-state index contributed by atoms with van der Waals surface area (Å²) in [6.07, 6.45) is 6.50. The van der Waals surface area contributed by atoms with Crippen molar-refractivity contribution in [1.29, 1.82) is 0 Å². The molecular weight excluding hydrogens is 507 g/mol. The van der Waals surface area contributed by atoms with Crippen LogP contribution >= 0.6 is 22.9 Å². The van der Waals surface area contributed by atoms with Crippen LogP contribution in [0.25, 0.3) is 22.1 Å². The molecule has 0 spiro atoms. The fraction of sp³-hybridized carbons (Fsp3) is 0.182. The third-order valence-electron chi connectivity index (χ3n) is 5.24. The first-order valence-corrected chi connectivity index (χ1v) is 10.8. The first-order valence-electron chi connectivity index (χ1n) is 9.87. The van der Waals surface area contributed by atoms with Crippen LogP contribution in [0.15, 0.2) is 65.8 Å². The van der Waals surface area contributed by atoms with Crippen LogP contribution in [0.3, 0.4) is 0 Å². The van der Waals surface area contributed by atoms with E-state index in [-0.39, 0.29) is 5.91 Å². The van der Waals surface area contributed by atoms with E-state index < -0.39 is 0 Å². The van der Waals surface area contributed by atoms with Gasteiger partial charge < -0.3 is 14.6 Å². The largest absolute Gasteiger partial charge is 0.444 e. The minimum absolute atomic E-state index is 0.214. The lowest BCUT2D eigenvalue weighted by Gasteiger charge is -2.32. The van der Waals surface area contributed by atoms with E-state index in [4.69, 9.17) is 4.42 Å². The summed E-state index contributed by atoms with van der Waals surface area (Å²) in [5.41, 5.74) is 1.47. The summed E-state index contributed by atoms with van der Waals surface area (Å²) in [5, 5.41) is 4.82. The van der Waals surface area contributed by atoms with Crippen LogP contribution in [0, 0.1) is 0 Å². The number of rotatable bonds is 4. The van der Waals surface area contributed by atoms with Gasteiger partial charge in [0.25, 0.3) is 5.91 Å². The van der Waals surface area contributed by atoms with Crippen LogP contribution < -0.4 is 10.2 Å². The van der Waals surface area contributed by atoms with Crippen molar-refractivity contribution in [2.45, 2.75) is 0 Å². The van der Waals surface area contributed by atoms with Crippen molar-refractivity contribution < 1.29 is 9.21 Å². The smallest absolute Gasteiger partial charge is 0.257 e. The number of piperazine rings is 1. The molecule has 0 saturated carbocycles. The standard InChI is InChI=1S/C22H19IN6O2/c23-29-7-5-28(6-8-29)21-11-16(3-4-25-21)22(30)27-20-10-18-9-15(19-13-24-14-31-19)1-2-17(18)12-26-20/h1-4,9-14H,5-8H2,(H,26,27,30). The predicted molar refractivity (Wildman–Crippen MR) is 127 cm³/mol. The zero-order valence-electron chi connectivity index (χ0n) is 16.5. The van der Waals surface area contributed by atoms with E-state index in [0.29, 0.717) is 17.1 Å². The highest BCUT2D eigenvalue weighted by atomic mass is 127. The second-order valence-electron chi connectivity index (χ2n) is 7.25. The molecule has 1 aliphatic heterocycles. The zero-order chi connectivity index (χ0) is 21.2. The summed E-state index contributed by atoms with van der Waals surface area (Å²) in [5.74, 6) is 1.79. The molecule has 1 N–H and O–H groups in total. The lowest BCUT2D eigenvalue weighted by atomic mass is 10.1. The number of carbonyl (C=O) groups excluding carboxylic acids is 1. The third-order valence-corrected chi connectivity index (χ3v) is 6.20. The van der Waals surface area contributed by atoms with Crippen molar-refractivity contribution >= 4 is 51.2 Å². The van der Waals surface area contributed by atoms with Gasteiger partial charge in [0.15, 0.2) is 12.2 Å². The SMILES string of the molecule is O=C(Nc1cc2cc(-c3cnco3)ccc2cn1)c1ccnc(N2CCN(I)CC2)c1. The number of halogens is 1. The maximum atomic E-state index is 12.9. The van der Waals surface area contributed by atoms with Gasteiger partial charge in [-0.2, -0.15) is 0 Å². The molecule has 31 heavy (non-hydrogen) atoms. The number of amides is 1. The summed E-state index contributed by atoms with van der Waals surface area (Å²) in [7, 11) is 0. The van der Waals surface area contributed by atoms with Crippen LogP contribution in [-0.2, 0) is 0 Å². The van der Waals surface area contributed by atoms with Crippen LogP contribution in [0.1, 0.15) is 10.4 Å². The number of nitrogens with zero attached hydrogens (tertiary/aromatic N) is 5. The third kappa shape index (κ3) is 4.37. The van der Waals surface area contributed by atoms with Crippen molar-refractivity contribution in [2.24, 2.45) is 0 Å². The van der Waals surface area contributed by atoms with Gasteiger partial charge in [-0.25, -0.2) is 18.1 Å². The van der Waals surface area contributed by atoms with E-state index in [0.717, 1.165) is 48.3 Å². The maximum Gasteiger partial charge on any atom is 0.257 e. The average Bonchev–Trinajstić information content (AvgIpc) is 3.34. The highest BCUT2D eigenvalue weighted by Gasteiger charge is 2.17. The van der Waals surface area contributed by atoms with Crippen LogP contribution in [0.2, 0.25) is 0 Å². The molecule has 5 rings (SSSR count). The Kier molecular flexibility index (Phi) is 5.51. The molecule has 156 valence electrons. The molecule has 1 fully saturated rings. The predicted octanol–water partition coefficient (Wildman–Crippen LogP) is 4.01. The van der Waals surface area contributed by atoms with Gasteiger partial charge in [0.2, 0.25) is 0 Å². The first-order chi connectivity index (χ1) is 15.2. The monoisotopic (exact) mass is 526 g/mol. The van der Waals surface area contributed by atoms with Crippen molar-refractivity contribution in [3.05, 3.63) is 66.9 Å². The quantitative estimate of drug-likeness (QED) is 0.318. The number of hydrogen-bond donors (Lipinski definition) is 1. The normalized spacial score (nSPS) is 14.7. The van der Waals surface area contributed by atoms with Crippen molar-refractivity contribution in [3.63, 3.8) is 0 Å². The minimum atomic E-state index is -0.214. The molecule has 1 amide bonds. The maximum absolute atomic E-state index is 12.9. The first kappa shape index (κ1) is 19.9. The molecule has 9 heteroatoms. The molecule has 3 aromatic heterocycles. The van der Waals surface area contributed by atoms with Gasteiger partial charge in [-0.1, -0.05) is 12.1 Å². The molecule has 1 aromatic carbocycles. The highest BCUT2D eigenvalue weighted by Crippen LogP contribution is 2.25. The van der Waals surface area contributed by atoms with E-state index in [1.165, 1.54) is 6.39 Å². The number of carbonyl (C=O) groups is 1. The van der Waals surface area contributed by atoms with E-state index in [9.17, 15) is 4.79 Å². The molecular formula is C22H19IN6O2. The van der Waals surface area contributed by atoms with Gasteiger partial charge in [0.1, 0.15) is 11.6 Å². The van der Waals surface area contributed by atoms with Crippen LogP contribution in [0.4, 0.5) is 11.6 Å². The fourth-order valence-electron chi connectivity index (χ4n) is 3.55. The molecule has 4 aromatic rings. The summed E-state index contributed by atoms with van der Waals surface area (Å²) in [4.78, 5) is 27.9. The number of hydrogen-bond acceptors (Lipinski definition) is 7. The molecule has 8 nitrogen and oxygen atoms in total. The van der Waals surface area contributed by atoms with Gasteiger partial charge in [-0.15, -0.1) is 0 Å². The van der Waals surface area contributed by atoms with Crippen molar-refractivity contribution in [3.8, 4) is 11.3 Å². The van der Waals surface area contributed by atoms with Crippen LogP contribution in [0.5, 0.6) is 0 Å². The Labute approximate surface area is 192 Å². The number of fused-ring (bicyclic) bond motifs is 1. The average molecular weight is 526 g/mol. The number of benzene rings is 1. The summed E-state index contributed by atoms with van der Waals surface area (Å²) in [6, 6.07) is 11.3. The van der Waals surface area contributed by atoms with Gasteiger partial charge in [0, 0.05) is 78.0 Å². The molecule has 4 heterocycles. The number of oxazole rings is 1. The molecule has 0 bridgehead atoms. The van der Waals surface area contributed by atoms with Gasteiger partial charge in [0.05, 0.1) is 6.20 Å². The Hall–Kier alpha value is -3.05. The molecule has 0 atom stereocenters. The summed E-state index contributed by atoms with van der Waals surface area (Å²) in [6.45, 7) is 3.72. The van der Waals surface area contributed by atoms with E-state index in [2.05, 4.69) is 51.1 Å². The number of pyridine rings is 2. The Balaban J connectivity index is 1.35. The Morgan fingerprint density at radius 3 is 2.68 bits per heavy atom. The minimum Gasteiger partial charge on any atom is -0.444 e. The van der Waals surface area contributed by atoms with E-state index in [1.54, 1.807) is 24.7 Å².